The predicted molar refractivity (Wildman–Crippen MR) is 104 cm³/mol. The monoisotopic (exact) mass is 413 g/mol. The van der Waals surface area contributed by atoms with Crippen LogP contribution < -0.4 is 0 Å². The Balaban J connectivity index is 1.95. The summed E-state index contributed by atoms with van der Waals surface area (Å²) in [5, 5.41) is 10.7. The van der Waals surface area contributed by atoms with Crippen LogP contribution in [0.25, 0.3) is 11.3 Å². The first kappa shape index (κ1) is 20.2. The average Bonchev–Trinajstić information content (AvgIpc) is 2.84. The van der Waals surface area contributed by atoms with Crippen molar-refractivity contribution in [3.8, 4) is 11.3 Å². The van der Waals surface area contributed by atoms with Crippen LogP contribution in [0.3, 0.4) is 0 Å². The number of carbonyl (C=O) groups excluding carboxylic acids is 1. The van der Waals surface area contributed by atoms with Crippen LogP contribution in [-0.2, 0) is 16.1 Å². The number of aliphatic hydroxyl groups is 1. The van der Waals surface area contributed by atoms with Crippen LogP contribution in [0.1, 0.15) is 44.7 Å². The van der Waals surface area contributed by atoms with Crippen LogP contribution in [-0.4, -0.2) is 27.9 Å². The van der Waals surface area contributed by atoms with Crippen molar-refractivity contribution in [2.75, 3.05) is 0 Å². The summed E-state index contributed by atoms with van der Waals surface area (Å²) in [5.74, 6) is -0.597. The molecule has 1 aliphatic heterocycles. The van der Waals surface area contributed by atoms with Gasteiger partial charge in [0, 0.05) is 25.1 Å². The summed E-state index contributed by atoms with van der Waals surface area (Å²) in [7, 11) is 0. The summed E-state index contributed by atoms with van der Waals surface area (Å²) < 4.78 is 20.7. The molecule has 146 valence electrons. The van der Waals surface area contributed by atoms with Crippen molar-refractivity contribution in [2.45, 2.75) is 57.8 Å². The number of nitrogens with zero attached hydrogens (tertiary/aromatic N) is 1. The number of benzene rings is 1. The van der Waals surface area contributed by atoms with Crippen LogP contribution in [0.5, 0.6) is 0 Å². The summed E-state index contributed by atoms with van der Waals surface area (Å²) >= 11 is 13.0. The lowest BCUT2D eigenvalue weighted by molar-refractivity contribution is -0.160. The summed E-state index contributed by atoms with van der Waals surface area (Å²) in [6, 6.07) is 6.09. The fourth-order valence-electron chi connectivity index (χ4n) is 3.57. The Morgan fingerprint density at radius 1 is 1.26 bits per heavy atom. The van der Waals surface area contributed by atoms with Gasteiger partial charge in [0.05, 0.1) is 28.3 Å². The van der Waals surface area contributed by atoms with E-state index < -0.39 is 6.10 Å². The van der Waals surface area contributed by atoms with Gasteiger partial charge in [0.25, 0.3) is 0 Å². The zero-order valence-electron chi connectivity index (χ0n) is 15.2. The number of carbonyl (C=O) groups is 1. The third-order valence-electron chi connectivity index (χ3n) is 4.76. The molecule has 0 aliphatic carbocycles. The number of rotatable bonds is 5. The first-order chi connectivity index (χ1) is 12.8. The van der Waals surface area contributed by atoms with Gasteiger partial charge in [-0.25, -0.2) is 4.39 Å². The molecule has 0 bridgehead atoms. The quantitative estimate of drug-likeness (QED) is 0.686. The molecule has 1 saturated heterocycles. The zero-order chi connectivity index (χ0) is 19.7. The molecular weight excluding hydrogens is 392 g/mol. The lowest BCUT2D eigenvalue weighted by Crippen LogP contribution is -2.33. The van der Waals surface area contributed by atoms with Crippen molar-refractivity contribution in [1.82, 2.24) is 4.57 Å². The Kier molecular flexibility index (Phi) is 6.14. The van der Waals surface area contributed by atoms with E-state index in [2.05, 4.69) is 0 Å². The van der Waals surface area contributed by atoms with E-state index in [4.69, 9.17) is 27.9 Å². The van der Waals surface area contributed by atoms with E-state index in [-0.39, 0.29) is 30.2 Å². The molecular formula is C20H22Cl2FNO3. The van der Waals surface area contributed by atoms with E-state index in [1.165, 1.54) is 12.1 Å². The van der Waals surface area contributed by atoms with Gasteiger partial charge in [-0.3, -0.25) is 4.79 Å². The van der Waals surface area contributed by atoms with Crippen LogP contribution in [0, 0.1) is 5.82 Å². The predicted octanol–water partition coefficient (Wildman–Crippen LogP) is 5.18. The second kappa shape index (κ2) is 8.21. The van der Waals surface area contributed by atoms with Gasteiger partial charge in [0.15, 0.2) is 0 Å². The van der Waals surface area contributed by atoms with Crippen LogP contribution in [0.4, 0.5) is 4.39 Å². The summed E-state index contributed by atoms with van der Waals surface area (Å²) in [4.78, 5) is 11.6. The summed E-state index contributed by atoms with van der Waals surface area (Å²) in [6.07, 6.45) is -0.0537. The molecule has 0 saturated carbocycles. The SMILES string of the molecule is CC(C)c1c(Cl)c(Cl)c(-c2ccc(F)cc2)n1CC[C@H]1C[C@H](O)CC(=O)O1. The molecule has 7 heteroatoms. The highest BCUT2D eigenvalue weighted by molar-refractivity contribution is 6.44. The zero-order valence-corrected chi connectivity index (χ0v) is 16.7. The van der Waals surface area contributed by atoms with E-state index >= 15 is 0 Å². The van der Waals surface area contributed by atoms with Crippen molar-refractivity contribution >= 4 is 29.2 Å². The molecule has 0 amide bonds. The van der Waals surface area contributed by atoms with Gasteiger partial charge >= 0.3 is 5.97 Å². The van der Waals surface area contributed by atoms with Gasteiger partial charge in [-0.15, -0.1) is 0 Å². The number of aromatic nitrogens is 1. The fraction of sp³-hybridized carbons (Fsp3) is 0.450. The van der Waals surface area contributed by atoms with Crippen LogP contribution >= 0.6 is 23.2 Å². The van der Waals surface area contributed by atoms with E-state index in [9.17, 15) is 14.3 Å². The number of cyclic esters (lactones) is 1. The molecule has 27 heavy (non-hydrogen) atoms. The van der Waals surface area contributed by atoms with Gasteiger partial charge < -0.3 is 14.4 Å². The van der Waals surface area contributed by atoms with Crippen molar-refractivity contribution < 1.29 is 19.0 Å². The number of halogens is 3. The van der Waals surface area contributed by atoms with E-state index in [1.807, 2.05) is 18.4 Å². The third kappa shape index (κ3) is 4.31. The Labute approximate surface area is 167 Å². The first-order valence-electron chi connectivity index (χ1n) is 8.98. The molecule has 2 heterocycles. The highest BCUT2D eigenvalue weighted by atomic mass is 35.5. The number of ether oxygens (including phenoxy) is 1. The summed E-state index contributed by atoms with van der Waals surface area (Å²) in [5.41, 5.74) is 2.35. The van der Waals surface area contributed by atoms with Gasteiger partial charge in [-0.05, 0) is 35.7 Å². The molecule has 4 nitrogen and oxygen atoms in total. The van der Waals surface area contributed by atoms with Crippen LogP contribution in [0.2, 0.25) is 10.0 Å². The van der Waals surface area contributed by atoms with E-state index in [0.29, 0.717) is 35.1 Å². The fourth-order valence-corrected chi connectivity index (χ4v) is 4.29. The standard InChI is InChI=1S/C20H22Cl2FNO3/c1-11(2)19-17(21)18(22)20(12-3-5-13(23)6-4-12)24(19)8-7-15-9-14(25)10-16(26)27-15/h3-6,11,14-15,25H,7-10H2,1-2H3/t14-,15-/m0/s1. The molecule has 1 aromatic carbocycles. The molecule has 1 N–H and O–H groups in total. The normalized spacial score (nSPS) is 20.2. The van der Waals surface area contributed by atoms with Gasteiger partial charge in [0.1, 0.15) is 11.9 Å². The van der Waals surface area contributed by atoms with Crippen molar-refractivity contribution in [1.29, 1.82) is 0 Å². The summed E-state index contributed by atoms with van der Waals surface area (Å²) in [6.45, 7) is 4.55. The first-order valence-corrected chi connectivity index (χ1v) is 9.74. The maximum atomic E-state index is 13.3. The molecule has 0 spiro atoms. The molecule has 3 rings (SSSR count). The average molecular weight is 414 g/mol. The number of esters is 1. The van der Waals surface area contributed by atoms with E-state index in [0.717, 1.165) is 11.3 Å². The number of hydrogen-bond donors (Lipinski definition) is 1. The minimum atomic E-state index is -0.672. The van der Waals surface area contributed by atoms with E-state index in [1.54, 1.807) is 12.1 Å². The van der Waals surface area contributed by atoms with Crippen molar-refractivity contribution in [3.05, 3.63) is 45.8 Å². The molecule has 0 unspecified atom stereocenters. The maximum absolute atomic E-state index is 13.3. The molecule has 1 aromatic heterocycles. The lowest BCUT2D eigenvalue weighted by Gasteiger charge is -2.27. The number of aliphatic hydroxyl groups excluding tert-OH is 1. The second-order valence-corrected chi connectivity index (χ2v) is 7.93. The topological polar surface area (TPSA) is 51.5 Å². The number of hydrogen-bond acceptors (Lipinski definition) is 3. The second-order valence-electron chi connectivity index (χ2n) is 7.17. The van der Waals surface area contributed by atoms with Gasteiger partial charge in [-0.2, -0.15) is 0 Å². The Hall–Kier alpha value is -1.56. The Morgan fingerprint density at radius 3 is 2.52 bits per heavy atom. The smallest absolute Gasteiger partial charge is 0.308 e. The largest absolute Gasteiger partial charge is 0.462 e. The minimum Gasteiger partial charge on any atom is -0.462 e. The molecule has 0 radical (unpaired) electrons. The molecule has 2 aromatic rings. The highest BCUT2D eigenvalue weighted by Gasteiger charge is 2.29. The highest BCUT2D eigenvalue weighted by Crippen LogP contribution is 2.42. The Morgan fingerprint density at radius 2 is 1.93 bits per heavy atom. The lowest BCUT2D eigenvalue weighted by atomic mass is 10.0. The molecule has 1 aliphatic rings. The maximum Gasteiger partial charge on any atom is 0.308 e. The van der Waals surface area contributed by atoms with Gasteiger partial charge in [0.2, 0.25) is 0 Å². The van der Waals surface area contributed by atoms with Gasteiger partial charge in [-0.1, -0.05) is 37.0 Å². The molecule has 2 atom stereocenters. The van der Waals surface area contributed by atoms with Crippen molar-refractivity contribution in [3.63, 3.8) is 0 Å². The Bertz CT molecular complexity index is 833. The minimum absolute atomic E-state index is 0.0375. The third-order valence-corrected chi connectivity index (χ3v) is 5.61. The molecule has 1 fully saturated rings. The van der Waals surface area contributed by atoms with Crippen molar-refractivity contribution in [2.24, 2.45) is 0 Å². The van der Waals surface area contributed by atoms with Crippen LogP contribution in [0.15, 0.2) is 24.3 Å².